The van der Waals surface area contributed by atoms with Crippen molar-refractivity contribution < 1.29 is 33.7 Å². The van der Waals surface area contributed by atoms with Crippen LogP contribution < -0.4 is 20.3 Å². The molecule has 1 aromatic carbocycles. The average molecular weight is 403 g/mol. The summed E-state index contributed by atoms with van der Waals surface area (Å²) in [6.07, 6.45) is -2.26. The third-order valence-corrected chi connectivity index (χ3v) is 4.32. The van der Waals surface area contributed by atoms with Crippen LogP contribution in [0.2, 0.25) is 0 Å². The maximum Gasteiger partial charge on any atom is 0.513 e. The van der Waals surface area contributed by atoms with E-state index in [4.69, 9.17) is 19.4 Å². The van der Waals surface area contributed by atoms with Crippen molar-refractivity contribution in [1.82, 2.24) is 4.57 Å². The van der Waals surface area contributed by atoms with Gasteiger partial charge in [0, 0.05) is 23.6 Å². The summed E-state index contributed by atoms with van der Waals surface area (Å²) in [5.74, 6) is -0.676. The Labute approximate surface area is 162 Å². The molecule has 152 valence electrons. The number of benzene rings is 1. The number of hydrogen-bond donors (Lipinski definition) is 2. The van der Waals surface area contributed by atoms with Crippen LogP contribution in [0.25, 0.3) is 21.9 Å². The number of fused-ring (bicyclic) bond motifs is 2. The molecule has 0 saturated carbocycles. The van der Waals surface area contributed by atoms with Gasteiger partial charge in [-0.15, -0.1) is 0 Å². The minimum atomic E-state index is -1.65. The summed E-state index contributed by atoms with van der Waals surface area (Å²) in [5, 5.41) is 18.1. The first-order valence-electron chi connectivity index (χ1n) is 8.75. The van der Waals surface area contributed by atoms with Crippen molar-refractivity contribution in [1.29, 1.82) is 0 Å². The molecular formula is C19H17NO9. The molecule has 0 aliphatic heterocycles. The summed E-state index contributed by atoms with van der Waals surface area (Å²) in [6.45, 7) is 3.86. The number of ether oxygens (including phenoxy) is 2. The smallest absolute Gasteiger partial charge is 0.449 e. The molecular weight excluding hydrogens is 386 g/mol. The van der Waals surface area contributed by atoms with Gasteiger partial charge in [-0.05, 0) is 19.4 Å². The van der Waals surface area contributed by atoms with Crippen LogP contribution in [0.4, 0.5) is 9.59 Å². The quantitative estimate of drug-likeness (QED) is 0.484. The van der Waals surface area contributed by atoms with Gasteiger partial charge in [0.15, 0.2) is 10.9 Å². The van der Waals surface area contributed by atoms with Crippen LogP contribution >= 0.6 is 0 Å². The van der Waals surface area contributed by atoms with Gasteiger partial charge in [0.2, 0.25) is 5.88 Å². The lowest BCUT2D eigenvalue weighted by Gasteiger charge is -2.17. The fourth-order valence-corrected chi connectivity index (χ4v) is 3.31. The molecule has 0 saturated heterocycles. The molecule has 0 atom stereocenters. The normalized spacial score (nSPS) is 11.0. The molecule has 0 spiro atoms. The molecule has 0 unspecified atom stereocenters. The Bertz CT molecular complexity index is 1250. The number of pyridine rings is 1. The first kappa shape index (κ1) is 19.9. The van der Waals surface area contributed by atoms with Crippen molar-refractivity contribution in [2.75, 3.05) is 0 Å². The zero-order valence-corrected chi connectivity index (χ0v) is 15.6. The first-order chi connectivity index (χ1) is 13.8. The number of aromatic nitrogens is 1. The summed E-state index contributed by atoms with van der Waals surface area (Å²) in [7, 11) is 0. The minimum Gasteiger partial charge on any atom is -0.449 e. The number of carbonyl (C=O) groups is 2. The second-order valence-corrected chi connectivity index (χ2v) is 6.13. The molecule has 2 N–H and O–H groups in total. The third-order valence-electron chi connectivity index (χ3n) is 4.32. The predicted octanol–water partition coefficient (Wildman–Crippen LogP) is 3.19. The summed E-state index contributed by atoms with van der Waals surface area (Å²) in [4.78, 5) is 47.0. The van der Waals surface area contributed by atoms with Crippen molar-refractivity contribution in [2.45, 2.75) is 33.2 Å². The van der Waals surface area contributed by atoms with Gasteiger partial charge in [-0.2, -0.15) is 0 Å². The van der Waals surface area contributed by atoms with Crippen molar-refractivity contribution >= 4 is 34.2 Å². The van der Waals surface area contributed by atoms with Gasteiger partial charge >= 0.3 is 12.3 Å². The van der Waals surface area contributed by atoms with E-state index in [9.17, 15) is 19.2 Å². The molecule has 0 fully saturated rings. The van der Waals surface area contributed by atoms with E-state index < -0.39 is 29.1 Å². The third kappa shape index (κ3) is 3.64. The maximum atomic E-state index is 12.7. The summed E-state index contributed by atoms with van der Waals surface area (Å²) < 4.78 is 16.3. The number of rotatable bonds is 5. The Morgan fingerprint density at radius 3 is 2.24 bits per heavy atom. The van der Waals surface area contributed by atoms with E-state index in [1.807, 2.05) is 6.92 Å². The van der Waals surface area contributed by atoms with E-state index in [0.29, 0.717) is 23.9 Å². The van der Waals surface area contributed by atoms with Crippen LogP contribution in [0.5, 0.6) is 11.8 Å². The molecule has 3 rings (SSSR count). The maximum absolute atomic E-state index is 12.7. The lowest BCUT2D eigenvalue weighted by molar-refractivity contribution is 0.133. The Kier molecular flexibility index (Phi) is 5.26. The van der Waals surface area contributed by atoms with Gasteiger partial charge in [0.05, 0.1) is 17.0 Å². The lowest BCUT2D eigenvalue weighted by Crippen LogP contribution is -2.17. The Morgan fingerprint density at radius 1 is 1.00 bits per heavy atom. The summed E-state index contributed by atoms with van der Waals surface area (Å²) in [6, 6.07) is 3.28. The van der Waals surface area contributed by atoms with Crippen LogP contribution in [-0.2, 0) is 13.0 Å². The topological polar surface area (TPSA) is 145 Å². The summed E-state index contributed by atoms with van der Waals surface area (Å²) >= 11 is 0. The van der Waals surface area contributed by atoms with Crippen LogP contribution in [0, 0.1) is 0 Å². The number of hydrogen-bond acceptors (Lipinski definition) is 7. The van der Waals surface area contributed by atoms with Crippen LogP contribution in [0.3, 0.4) is 0 Å². The van der Waals surface area contributed by atoms with E-state index in [-0.39, 0.29) is 28.8 Å². The molecule has 0 amide bonds. The van der Waals surface area contributed by atoms with E-state index >= 15 is 0 Å². The molecule has 2 aromatic heterocycles. The highest BCUT2D eigenvalue weighted by Gasteiger charge is 2.21. The van der Waals surface area contributed by atoms with Gasteiger partial charge in [-0.3, -0.25) is 9.59 Å². The van der Waals surface area contributed by atoms with Gasteiger partial charge in [-0.1, -0.05) is 13.3 Å². The molecule has 0 radical (unpaired) electrons. The molecule has 0 aliphatic rings. The molecule has 0 aliphatic carbocycles. The van der Waals surface area contributed by atoms with Crippen LogP contribution in [0.15, 0.2) is 32.2 Å². The monoisotopic (exact) mass is 403 g/mol. The van der Waals surface area contributed by atoms with Crippen molar-refractivity contribution in [3.63, 3.8) is 0 Å². The summed E-state index contributed by atoms with van der Waals surface area (Å²) in [5.41, 5.74) is -0.235. The standard InChI is InChI=1S/C19H17NO9/c1-3-5-9-16-10(12(21)7-14(20(16)4-2)27-18(23)24)6-11-13(22)8-15(28-17(9)11)29-19(25)26/h6-8H,3-5H2,1-2H3,(H,23,24)(H,25,26). The molecule has 2 heterocycles. The fraction of sp³-hybridized carbons (Fsp3) is 0.263. The average Bonchev–Trinajstić information content (AvgIpc) is 2.62. The van der Waals surface area contributed by atoms with Crippen LogP contribution in [0.1, 0.15) is 25.8 Å². The van der Waals surface area contributed by atoms with Gasteiger partial charge < -0.3 is 28.7 Å². The molecule has 0 bridgehead atoms. The molecule has 29 heavy (non-hydrogen) atoms. The van der Waals surface area contributed by atoms with E-state index in [1.54, 1.807) is 6.92 Å². The Morgan fingerprint density at radius 2 is 1.66 bits per heavy atom. The number of aryl methyl sites for hydroxylation is 2. The van der Waals surface area contributed by atoms with Gasteiger partial charge in [-0.25, -0.2) is 9.59 Å². The van der Waals surface area contributed by atoms with E-state index in [1.165, 1.54) is 10.6 Å². The van der Waals surface area contributed by atoms with E-state index in [2.05, 4.69) is 4.74 Å². The van der Waals surface area contributed by atoms with Crippen molar-refractivity contribution in [2.24, 2.45) is 0 Å². The van der Waals surface area contributed by atoms with Crippen molar-refractivity contribution in [3.8, 4) is 11.8 Å². The largest absolute Gasteiger partial charge is 0.513 e. The number of nitrogens with zero attached hydrogens (tertiary/aromatic N) is 1. The fourth-order valence-electron chi connectivity index (χ4n) is 3.31. The second-order valence-electron chi connectivity index (χ2n) is 6.13. The highest BCUT2D eigenvalue weighted by molar-refractivity contribution is 5.98. The minimum absolute atomic E-state index is 0.0668. The number of carboxylic acid groups (broad SMARTS) is 2. The zero-order valence-electron chi connectivity index (χ0n) is 15.6. The molecule has 10 heteroatoms. The van der Waals surface area contributed by atoms with Crippen molar-refractivity contribution in [3.05, 3.63) is 44.2 Å². The zero-order chi connectivity index (χ0) is 21.3. The highest BCUT2D eigenvalue weighted by Crippen LogP contribution is 2.31. The Balaban J connectivity index is 2.52. The molecule has 3 aromatic rings. The highest BCUT2D eigenvalue weighted by atomic mass is 16.7. The lowest BCUT2D eigenvalue weighted by atomic mass is 10.0. The Hall–Kier alpha value is -3.82. The predicted molar refractivity (Wildman–Crippen MR) is 101 cm³/mol. The van der Waals surface area contributed by atoms with Crippen LogP contribution in [-0.4, -0.2) is 27.1 Å². The SMILES string of the molecule is CCCc1c2oc(OC(=O)O)cc(=O)c2cc2c(=O)cc(OC(=O)O)n(CC)c12. The second kappa shape index (κ2) is 7.66. The van der Waals surface area contributed by atoms with Gasteiger partial charge in [0.25, 0.3) is 5.95 Å². The van der Waals surface area contributed by atoms with E-state index in [0.717, 1.165) is 12.1 Å². The first-order valence-corrected chi connectivity index (χ1v) is 8.75. The van der Waals surface area contributed by atoms with Gasteiger partial charge in [0.1, 0.15) is 5.58 Å². The molecule has 10 nitrogen and oxygen atoms in total.